The Labute approximate surface area is 108 Å². The van der Waals surface area contributed by atoms with Gasteiger partial charge < -0.3 is 15.3 Å². The lowest BCUT2D eigenvalue weighted by atomic mass is 9.95. The van der Waals surface area contributed by atoms with E-state index in [1.54, 1.807) is 4.90 Å². The van der Waals surface area contributed by atoms with Gasteiger partial charge in [-0.25, -0.2) is 9.59 Å². The lowest BCUT2D eigenvalue weighted by Crippen LogP contribution is -2.47. The summed E-state index contributed by atoms with van der Waals surface area (Å²) < 4.78 is 0. The van der Waals surface area contributed by atoms with Crippen molar-refractivity contribution in [2.45, 2.75) is 32.7 Å². The first kappa shape index (κ1) is 14.4. The molecule has 1 rings (SSSR count). The zero-order valence-electron chi connectivity index (χ0n) is 10.8. The van der Waals surface area contributed by atoms with Gasteiger partial charge in [0.25, 0.3) is 0 Å². The fourth-order valence-electron chi connectivity index (χ4n) is 2.07. The van der Waals surface area contributed by atoms with Gasteiger partial charge in [-0.05, 0) is 18.3 Å². The summed E-state index contributed by atoms with van der Waals surface area (Å²) in [5.74, 6) is 2.19. The molecular weight excluding hydrogens is 232 g/mol. The monoisotopic (exact) mass is 252 g/mol. The van der Waals surface area contributed by atoms with E-state index in [4.69, 9.17) is 11.5 Å². The molecule has 1 aliphatic heterocycles. The Bertz CT molecular complexity index is 360. The SMILES string of the molecule is C#CCC(NC(=O)N1CCC(C(C)C)C1)C(=O)O. The number of aliphatic carboxylic acids is 1. The molecule has 1 aliphatic rings. The molecule has 2 unspecified atom stereocenters. The number of carboxylic acids is 1. The van der Waals surface area contributed by atoms with Crippen molar-refractivity contribution in [2.75, 3.05) is 13.1 Å². The van der Waals surface area contributed by atoms with Gasteiger partial charge in [0, 0.05) is 19.5 Å². The number of terminal acetylenes is 1. The van der Waals surface area contributed by atoms with E-state index in [9.17, 15) is 9.59 Å². The maximum Gasteiger partial charge on any atom is 0.327 e. The normalized spacial score (nSPS) is 20.6. The summed E-state index contributed by atoms with van der Waals surface area (Å²) in [7, 11) is 0. The van der Waals surface area contributed by atoms with Crippen LogP contribution in [-0.2, 0) is 4.79 Å². The fraction of sp³-hybridized carbons (Fsp3) is 0.692. The van der Waals surface area contributed by atoms with Crippen molar-refractivity contribution in [1.82, 2.24) is 10.2 Å². The number of likely N-dealkylation sites (tertiary alicyclic amines) is 1. The van der Waals surface area contributed by atoms with E-state index in [0.29, 0.717) is 24.9 Å². The van der Waals surface area contributed by atoms with Gasteiger partial charge in [-0.1, -0.05) is 13.8 Å². The van der Waals surface area contributed by atoms with Gasteiger partial charge in [-0.15, -0.1) is 12.3 Å². The number of carbonyl (C=O) groups excluding carboxylic acids is 1. The molecule has 0 aromatic heterocycles. The first-order valence-electron chi connectivity index (χ1n) is 6.17. The van der Waals surface area contributed by atoms with Crippen molar-refractivity contribution in [3.63, 3.8) is 0 Å². The molecule has 2 amide bonds. The van der Waals surface area contributed by atoms with E-state index in [1.165, 1.54) is 0 Å². The summed E-state index contributed by atoms with van der Waals surface area (Å²) in [5, 5.41) is 11.4. The van der Waals surface area contributed by atoms with Crippen molar-refractivity contribution < 1.29 is 14.7 Å². The third-order valence-corrected chi connectivity index (χ3v) is 3.37. The maximum atomic E-state index is 11.9. The molecule has 1 saturated heterocycles. The van der Waals surface area contributed by atoms with Crippen molar-refractivity contribution in [2.24, 2.45) is 11.8 Å². The molecule has 0 aromatic carbocycles. The lowest BCUT2D eigenvalue weighted by Gasteiger charge is -2.21. The standard InChI is InChI=1S/C13H20N2O3/c1-4-5-11(12(16)17)14-13(18)15-7-6-10(8-15)9(2)3/h1,9-11H,5-8H2,2-3H3,(H,14,18)(H,16,17). The summed E-state index contributed by atoms with van der Waals surface area (Å²) in [6.45, 7) is 5.62. The highest BCUT2D eigenvalue weighted by Gasteiger charge is 2.30. The van der Waals surface area contributed by atoms with E-state index in [1.807, 2.05) is 0 Å². The molecule has 1 heterocycles. The summed E-state index contributed by atoms with van der Waals surface area (Å²) >= 11 is 0. The smallest absolute Gasteiger partial charge is 0.327 e. The van der Waals surface area contributed by atoms with Crippen LogP contribution in [0, 0.1) is 24.2 Å². The number of nitrogens with one attached hydrogen (secondary N) is 1. The summed E-state index contributed by atoms with van der Waals surface area (Å²) in [6.07, 6.45) is 6.05. The molecule has 18 heavy (non-hydrogen) atoms. The molecule has 100 valence electrons. The van der Waals surface area contributed by atoms with Crippen LogP contribution in [0.4, 0.5) is 4.79 Å². The number of urea groups is 1. The van der Waals surface area contributed by atoms with E-state index in [0.717, 1.165) is 6.42 Å². The fourth-order valence-corrected chi connectivity index (χ4v) is 2.07. The van der Waals surface area contributed by atoms with Gasteiger partial charge in [0.2, 0.25) is 0 Å². The number of carboxylic acid groups (broad SMARTS) is 1. The van der Waals surface area contributed by atoms with Gasteiger partial charge in [0.1, 0.15) is 6.04 Å². The zero-order valence-corrected chi connectivity index (χ0v) is 10.8. The molecule has 2 N–H and O–H groups in total. The predicted molar refractivity (Wildman–Crippen MR) is 67.9 cm³/mol. The average molecular weight is 252 g/mol. The number of rotatable bonds is 4. The third kappa shape index (κ3) is 3.66. The Morgan fingerprint density at radius 1 is 1.56 bits per heavy atom. The minimum absolute atomic E-state index is 0.00250. The molecular formula is C13H20N2O3. The molecule has 0 aromatic rings. The summed E-state index contributed by atoms with van der Waals surface area (Å²) in [6, 6.07) is -1.33. The molecule has 1 fully saturated rings. The van der Waals surface area contributed by atoms with Gasteiger partial charge in [0.05, 0.1) is 0 Å². The van der Waals surface area contributed by atoms with Crippen LogP contribution < -0.4 is 5.32 Å². The first-order valence-corrected chi connectivity index (χ1v) is 6.17. The van der Waals surface area contributed by atoms with Crippen molar-refractivity contribution in [3.05, 3.63) is 0 Å². The van der Waals surface area contributed by atoms with E-state index < -0.39 is 12.0 Å². The van der Waals surface area contributed by atoms with Crippen molar-refractivity contribution in [3.8, 4) is 12.3 Å². The molecule has 5 heteroatoms. The minimum Gasteiger partial charge on any atom is -0.480 e. The van der Waals surface area contributed by atoms with Gasteiger partial charge in [-0.3, -0.25) is 0 Å². The topological polar surface area (TPSA) is 69.6 Å². The molecule has 2 atom stereocenters. The largest absolute Gasteiger partial charge is 0.480 e. The van der Waals surface area contributed by atoms with Gasteiger partial charge >= 0.3 is 12.0 Å². The summed E-state index contributed by atoms with van der Waals surface area (Å²) in [5.41, 5.74) is 0. The van der Waals surface area contributed by atoms with Gasteiger partial charge in [-0.2, -0.15) is 0 Å². The predicted octanol–water partition coefficient (Wildman–Crippen LogP) is 1.15. The molecule has 0 spiro atoms. The quantitative estimate of drug-likeness (QED) is 0.737. The molecule has 0 saturated carbocycles. The zero-order chi connectivity index (χ0) is 13.7. The third-order valence-electron chi connectivity index (χ3n) is 3.37. The number of nitrogens with zero attached hydrogens (tertiary/aromatic N) is 1. The van der Waals surface area contributed by atoms with Crippen LogP contribution in [0.15, 0.2) is 0 Å². The Morgan fingerprint density at radius 3 is 2.67 bits per heavy atom. The Morgan fingerprint density at radius 2 is 2.22 bits per heavy atom. The highest BCUT2D eigenvalue weighted by Crippen LogP contribution is 2.23. The highest BCUT2D eigenvalue weighted by atomic mass is 16.4. The van der Waals surface area contributed by atoms with Crippen molar-refractivity contribution in [1.29, 1.82) is 0 Å². The number of carbonyl (C=O) groups is 2. The maximum absolute atomic E-state index is 11.9. The van der Waals surface area contributed by atoms with Crippen LogP contribution in [-0.4, -0.2) is 41.1 Å². The van der Waals surface area contributed by atoms with Crippen molar-refractivity contribution >= 4 is 12.0 Å². The number of amides is 2. The van der Waals surface area contributed by atoms with E-state index >= 15 is 0 Å². The minimum atomic E-state index is -1.10. The highest BCUT2D eigenvalue weighted by molar-refractivity contribution is 5.82. The Balaban J connectivity index is 2.51. The Kier molecular flexibility index (Phi) is 5.02. The summed E-state index contributed by atoms with van der Waals surface area (Å²) in [4.78, 5) is 24.4. The second-order valence-electron chi connectivity index (χ2n) is 4.99. The van der Waals surface area contributed by atoms with Crippen LogP contribution in [0.3, 0.4) is 0 Å². The van der Waals surface area contributed by atoms with E-state index in [2.05, 4.69) is 25.1 Å². The molecule has 0 radical (unpaired) electrons. The van der Waals surface area contributed by atoms with E-state index in [-0.39, 0.29) is 12.5 Å². The van der Waals surface area contributed by atoms with Crippen LogP contribution >= 0.6 is 0 Å². The first-order chi connectivity index (χ1) is 8.45. The van der Waals surface area contributed by atoms with Crippen LogP contribution in [0.2, 0.25) is 0 Å². The molecule has 5 nitrogen and oxygen atoms in total. The average Bonchev–Trinajstić information content (AvgIpc) is 2.77. The van der Waals surface area contributed by atoms with Crippen LogP contribution in [0.5, 0.6) is 0 Å². The Hall–Kier alpha value is -1.70. The lowest BCUT2D eigenvalue weighted by molar-refractivity contribution is -0.139. The second kappa shape index (κ2) is 6.29. The number of hydrogen-bond acceptors (Lipinski definition) is 2. The van der Waals surface area contributed by atoms with Gasteiger partial charge in [0.15, 0.2) is 0 Å². The van der Waals surface area contributed by atoms with Crippen LogP contribution in [0.25, 0.3) is 0 Å². The molecule has 0 bridgehead atoms. The molecule has 0 aliphatic carbocycles. The number of hydrogen-bond donors (Lipinski definition) is 2. The van der Waals surface area contributed by atoms with Crippen LogP contribution in [0.1, 0.15) is 26.7 Å². The second-order valence-corrected chi connectivity index (χ2v) is 4.99.